The van der Waals surface area contributed by atoms with Crippen molar-refractivity contribution in [1.82, 2.24) is 0 Å². The molecule has 0 saturated heterocycles. The average molecular weight is 340 g/mol. The molecule has 0 aliphatic rings. The predicted octanol–water partition coefficient (Wildman–Crippen LogP) is 5.25. The van der Waals surface area contributed by atoms with Gasteiger partial charge in [-0.05, 0) is 30.7 Å². The first kappa shape index (κ1) is 16.2. The molecule has 0 heterocycles. The van der Waals surface area contributed by atoms with Gasteiger partial charge in [0.25, 0.3) is 0 Å². The molecule has 0 aliphatic heterocycles. The van der Waals surface area contributed by atoms with E-state index in [0.717, 1.165) is 5.75 Å². The van der Waals surface area contributed by atoms with Crippen LogP contribution in [-0.4, -0.2) is 11.2 Å². The van der Waals surface area contributed by atoms with Crippen molar-refractivity contribution in [2.24, 2.45) is 0 Å². The Labute approximate surface area is 138 Å². The van der Waals surface area contributed by atoms with Crippen LogP contribution in [0.1, 0.15) is 12.5 Å². The number of nitrogens with one attached hydrogen (secondary N) is 1. The van der Waals surface area contributed by atoms with Gasteiger partial charge in [-0.25, -0.2) is 0 Å². The van der Waals surface area contributed by atoms with E-state index < -0.39 is 0 Å². The number of halogens is 2. The first-order valence-electron chi connectivity index (χ1n) is 6.47. The molecule has 0 saturated carbocycles. The largest absolute Gasteiger partial charge is 0.324 e. The van der Waals surface area contributed by atoms with Crippen LogP contribution in [0.15, 0.2) is 48.5 Å². The number of hydrogen-bond acceptors (Lipinski definition) is 2. The Kier molecular flexibility index (Phi) is 5.97. The Hall–Kier alpha value is -1.16. The quantitative estimate of drug-likeness (QED) is 0.805. The minimum Gasteiger partial charge on any atom is -0.324 e. The highest BCUT2D eigenvalue weighted by Gasteiger charge is 2.15. The summed E-state index contributed by atoms with van der Waals surface area (Å²) >= 11 is 13.5. The van der Waals surface area contributed by atoms with E-state index in [-0.39, 0.29) is 11.2 Å². The summed E-state index contributed by atoms with van der Waals surface area (Å²) in [4.78, 5) is 12.1. The van der Waals surface area contributed by atoms with Gasteiger partial charge in [0.1, 0.15) is 0 Å². The van der Waals surface area contributed by atoms with Crippen molar-refractivity contribution in [2.45, 2.75) is 17.9 Å². The molecular formula is C16H15Cl2NOS. The van der Waals surface area contributed by atoms with Crippen LogP contribution in [0.3, 0.4) is 0 Å². The van der Waals surface area contributed by atoms with E-state index >= 15 is 0 Å². The third kappa shape index (κ3) is 4.95. The van der Waals surface area contributed by atoms with E-state index in [9.17, 15) is 4.79 Å². The highest BCUT2D eigenvalue weighted by molar-refractivity contribution is 7.99. The summed E-state index contributed by atoms with van der Waals surface area (Å²) in [5.41, 5.74) is 1.78. The van der Waals surface area contributed by atoms with Gasteiger partial charge in [-0.2, -0.15) is 0 Å². The Morgan fingerprint density at radius 3 is 2.57 bits per heavy atom. The number of anilines is 1. The highest BCUT2D eigenvalue weighted by Crippen LogP contribution is 2.26. The van der Waals surface area contributed by atoms with Crippen molar-refractivity contribution in [3.05, 3.63) is 64.1 Å². The third-order valence-electron chi connectivity index (χ3n) is 2.90. The Morgan fingerprint density at radius 1 is 1.19 bits per heavy atom. The predicted molar refractivity (Wildman–Crippen MR) is 92.3 cm³/mol. The maximum Gasteiger partial charge on any atom is 0.237 e. The third-order valence-corrected chi connectivity index (χ3v) is 4.66. The lowest BCUT2D eigenvalue weighted by atomic mass is 10.2. The monoisotopic (exact) mass is 339 g/mol. The fourth-order valence-corrected chi connectivity index (χ4v) is 3.00. The summed E-state index contributed by atoms with van der Waals surface area (Å²) in [5.74, 6) is 0.726. The van der Waals surface area contributed by atoms with E-state index in [0.29, 0.717) is 15.7 Å². The van der Waals surface area contributed by atoms with Gasteiger partial charge >= 0.3 is 0 Å². The van der Waals surface area contributed by atoms with Gasteiger partial charge in [-0.1, -0.05) is 53.5 Å². The fraction of sp³-hybridized carbons (Fsp3) is 0.188. The minimum atomic E-state index is -0.169. The molecule has 1 atom stereocenters. The number of amides is 1. The van der Waals surface area contributed by atoms with Gasteiger partial charge in [0, 0.05) is 10.8 Å². The zero-order chi connectivity index (χ0) is 15.2. The van der Waals surface area contributed by atoms with Gasteiger partial charge in [0.2, 0.25) is 5.91 Å². The normalized spacial score (nSPS) is 12.0. The van der Waals surface area contributed by atoms with Crippen molar-refractivity contribution in [1.29, 1.82) is 0 Å². The molecule has 2 rings (SSSR count). The van der Waals surface area contributed by atoms with E-state index in [4.69, 9.17) is 23.2 Å². The van der Waals surface area contributed by atoms with Gasteiger partial charge in [0.05, 0.1) is 16.0 Å². The molecule has 0 fully saturated rings. The van der Waals surface area contributed by atoms with Gasteiger partial charge < -0.3 is 5.32 Å². The van der Waals surface area contributed by atoms with Gasteiger partial charge in [0.15, 0.2) is 0 Å². The van der Waals surface area contributed by atoms with Gasteiger partial charge in [-0.3, -0.25) is 4.79 Å². The lowest BCUT2D eigenvalue weighted by Gasteiger charge is -2.13. The second-order valence-corrected chi connectivity index (χ2v) is 6.73. The molecule has 2 aromatic rings. The standard InChI is InChI=1S/C16H15Cl2NOS/c1-11(21-10-12-5-3-2-4-6-12)16(20)19-15-8-7-13(17)9-14(15)18/h2-9,11H,10H2,1H3,(H,19,20)/t11-/m1/s1. The summed E-state index contributed by atoms with van der Waals surface area (Å²) in [5, 5.41) is 3.64. The van der Waals surface area contributed by atoms with E-state index in [1.807, 2.05) is 37.3 Å². The first-order valence-corrected chi connectivity index (χ1v) is 8.28. The van der Waals surface area contributed by atoms with E-state index in [1.165, 1.54) is 5.56 Å². The molecule has 5 heteroatoms. The Bertz CT molecular complexity index is 619. The molecule has 0 radical (unpaired) electrons. The molecule has 2 aromatic carbocycles. The molecule has 21 heavy (non-hydrogen) atoms. The topological polar surface area (TPSA) is 29.1 Å². The molecule has 0 unspecified atom stereocenters. The van der Waals surface area contributed by atoms with Crippen LogP contribution < -0.4 is 5.32 Å². The van der Waals surface area contributed by atoms with Crippen LogP contribution in [-0.2, 0) is 10.5 Å². The zero-order valence-corrected chi connectivity index (χ0v) is 13.8. The van der Waals surface area contributed by atoms with E-state index in [1.54, 1.807) is 30.0 Å². The van der Waals surface area contributed by atoms with Crippen LogP contribution >= 0.6 is 35.0 Å². The maximum atomic E-state index is 12.1. The number of thioether (sulfide) groups is 1. The second kappa shape index (κ2) is 7.74. The smallest absolute Gasteiger partial charge is 0.237 e. The lowest BCUT2D eigenvalue weighted by Crippen LogP contribution is -2.22. The number of rotatable bonds is 5. The van der Waals surface area contributed by atoms with Crippen molar-refractivity contribution in [3.8, 4) is 0 Å². The molecule has 0 spiro atoms. The Balaban J connectivity index is 1.90. The summed E-state index contributed by atoms with van der Waals surface area (Å²) < 4.78 is 0. The SMILES string of the molecule is C[C@@H](SCc1ccccc1)C(=O)Nc1ccc(Cl)cc1Cl. The summed E-state index contributed by atoms with van der Waals surface area (Å²) in [6.45, 7) is 1.88. The lowest BCUT2D eigenvalue weighted by molar-refractivity contribution is -0.115. The van der Waals surface area contributed by atoms with Crippen LogP contribution in [0.2, 0.25) is 10.0 Å². The second-order valence-electron chi connectivity index (χ2n) is 4.55. The summed E-state index contributed by atoms with van der Waals surface area (Å²) in [6.07, 6.45) is 0. The molecule has 2 nitrogen and oxygen atoms in total. The molecular weight excluding hydrogens is 325 g/mol. The van der Waals surface area contributed by atoms with Crippen LogP contribution in [0.25, 0.3) is 0 Å². The first-order chi connectivity index (χ1) is 10.1. The van der Waals surface area contributed by atoms with Crippen LogP contribution in [0.5, 0.6) is 0 Å². The van der Waals surface area contributed by atoms with Gasteiger partial charge in [-0.15, -0.1) is 11.8 Å². The molecule has 0 aliphatic carbocycles. The maximum absolute atomic E-state index is 12.1. The molecule has 110 valence electrons. The Morgan fingerprint density at radius 2 is 1.90 bits per heavy atom. The number of benzene rings is 2. The van der Waals surface area contributed by atoms with Crippen molar-refractivity contribution in [3.63, 3.8) is 0 Å². The van der Waals surface area contributed by atoms with Crippen molar-refractivity contribution in [2.75, 3.05) is 5.32 Å². The molecule has 0 aromatic heterocycles. The molecule has 1 amide bonds. The van der Waals surface area contributed by atoms with Crippen LogP contribution in [0.4, 0.5) is 5.69 Å². The number of hydrogen-bond donors (Lipinski definition) is 1. The van der Waals surface area contributed by atoms with E-state index in [2.05, 4.69) is 5.32 Å². The van der Waals surface area contributed by atoms with Crippen molar-refractivity contribution >= 4 is 46.6 Å². The molecule has 0 bridgehead atoms. The zero-order valence-electron chi connectivity index (χ0n) is 11.5. The summed E-state index contributed by atoms with van der Waals surface area (Å²) in [6, 6.07) is 15.1. The van der Waals surface area contributed by atoms with Crippen LogP contribution in [0, 0.1) is 0 Å². The highest BCUT2D eigenvalue weighted by atomic mass is 35.5. The minimum absolute atomic E-state index is 0.0693. The summed E-state index contributed by atoms with van der Waals surface area (Å²) in [7, 11) is 0. The fourth-order valence-electron chi connectivity index (χ4n) is 1.70. The van der Waals surface area contributed by atoms with Crippen molar-refractivity contribution < 1.29 is 4.79 Å². The average Bonchev–Trinajstić information content (AvgIpc) is 2.48. The number of carbonyl (C=O) groups excluding carboxylic acids is 1. The number of carbonyl (C=O) groups is 1. The molecule has 1 N–H and O–H groups in total.